The molecular weight excluding hydrogens is 210 g/mol. The smallest absolute Gasteiger partial charge is 0.119 e. The van der Waals surface area contributed by atoms with Crippen LogP contribution in [0, 0.1) is 18.8 Å². The largest absolute Gasteiger partial charge is 0.497 e. The maximum absolute atomic E-state index is 6.41. The van der Waals surface area contributed by atoms with Crippen molar-refractivity contribution in [3.8, 4) is 5.75 Å². The van der Waals surface area contributed by atoms with Crippen LogP contribution in [-0.2, 0) is 0 Å². The number of ether oxygens (including phenoxy) is 1. The summed E-state index contributed by atoms with van der Waals surface area (Å²) in [6.45, 7) is 4.45. The predicted octanol–water partition coefficient (Wildman–Crippen LogP) is 3.44. The molecule has 1 aliphatic carbocycles. The van der Waals surface area contributed by atoms with Crippen LogP contribution in [0.2, 0.25) is 0 Å². The summed E-state index contributed by atoms with van der Waals surface area (Å²) in [7, 11) is 1.70. The van der Waals surface area contributed by atoms with Crippen LogP contribution < -0.4 is 10.5 Å². The van der Waals surface area contributed by atoms with Gasteiger partial charge in [-0.1, -0.05) is 19.4 Å². The topological polar surface area (TPSA) is 35.2 Å². The van der Waals surface area contributed by atoms with E-state index in [1.54, 1.807) is 7.11 Å². The molecule has 2 heteroatoms. The van der Waals surface area contributed by atoms with Gasteiger partial charge in [0.1, 0.15) is 5.75 Å². The van der Waals surface area contributed by atoms with E-state index in [1.165, 1.54) is 30.4 Å². The van der Waals surface area contributed by atoms with E-state index in [9.17, 15) is 0 Å². The van der Waals surface area contributed by atoms with Gasteiger partial charge < -0.3 is 10.5 Å². The van der Waals surface area contributed by atoms with Gasteiger partial charge in [-0.15, -0.1) is 0 Å². The van der Waals surface area contributed by atoms with E-state index in [0.717, 1.165) is 11.7 Å². The molecule has 1 fully saturated rings. The molecule has 3 unspecified atom stereocenters. The number of rotatable bonds is 3. The molecule has 2 N–H and O–H groups in total. The SMILES string of the molecule is COc1ccc(C(N)C2CCC(C)C2)c(C)c1. The molecule has 2 nitrogen and oxygen atoms in total. The number of hydrogen-bond donors (Lipinski definition) is 1. The first-order valence-electron chi connectivity index (χ1n) is 6.52. The first-order chi connectivity index (χ1) is 8.11. The lowest BCUT2D eigenvalue weighted by molar-refractivity contribution is 0.410. The Morgan fingerprint density at radius 1 is 1.35 bits per heavy atom. The lowest BCUT2D eigenvalue weighted by atomic mass is 9.89. The first kappa shape index (κ1) is 12.4. The van der Waals surface area contributed by atoms with Crippen LogP contribution in [0.4, 0.5) is 0 Å². The van der Waals surface area contributed by atoms with Gasteiger partial charge in [-0.3, -0.25) is 0 Å². The molecule has 0 aromatic heterocycles. The Morgan fingerprint density at radius 2 is 2.12 bits per heavy atom. The average molecular weight is 233 g/mol. The number of aryl methyl sites for hydroxylation is 1. The average Bonchev–Trinajstić information content (AvgIpc) is 2.75. The van der Waals surface area contributed by atoms with Crippen molar-refractivity contribution in [3.63, 3.8) is 0 Å². The standard InChI is InChI=1S/C15H23NO/c1-10-4-5-12(8-10)15(16)14-7-6-13(17-3)9-11(14)2/h6-7,9-10,12,15H,4-5,8,16H2,1-3H3. The third kappa shape index (κ3) is 2.63. The summed E-state index contributed by atoms with van der Waals surface area (Å²) in [5.74, 6) is 2.40. The molecule has 1 saturated carbocycles. The van der Waals surface area contributed by atoms with Gasteiger partial charge in [0.2, 0.25) is 0 Å². The fourth-order valence-electron chi connectivity index (χ4n) is 2.98. The van der Waals surface area contributed by atoms with Gasteiger partial charge in [0.05, 0.1) is 7.11 Å². The molecule has 1 aromatic carbocycles. The van der Waals surface area contributed by atoms with E-state index >= 15 is 0 Å². The molecule has 0 spiro atoms. The van der Waals surface area contributed by atoms with Gasteiger partial charge in [0.15, 0.2) is 0 Å². The van der Waals surface area contributed by atoms with Gasteiger partial charge in [-0.2, -0.15) is 0 Å². The molecule has 1 aromatic rings. The lowest BCUT2D eigenvalue weighted by Gasteiger charge is -2.21. The third-order valence-corrected chi connectivity index (χ3v) is 4.08. The highest BCUT2D eigenvalue weighted by Gasteiger charge is 2.28. The van der Waals surface area contributed by atoms with Gasteiger partial charge in [0.25, 0.3) is 0 Å². The van der Waals surface area contributed by atoms with Crippen molar-refractivity contribution in [1.29, 1.82) is 0 Å². The molecule has 0 radical (unpaired) electrons. The zero-order valence-corrected chi connectivity index (χ0v) is 11.1. The second kappa shape index (κ2) is 5.09. The van der Waals surface area contributed by atoms with Crippen LogP contribution in [0.25, 0.3) is 0 Å². The zero-order valence-electron chi connectivity index (χ0n) is 11.1. The van der Waals surface area contributed by atoms with Gasteiger partial charge in [-0.25, -0.2) is 0 Å². The quantitative estimate of drug-likeness (QED) is 0.868. The summed E-state index contributed by atoms with van der Waals surface area (Å²) in [4.78, 5) is 0. The molecule has 94 valence electrons. The van der Waals surface area contributed by atoms with Gasteiger partial charge in [-0.05, 0) is 54.9 Å². The Balaban J connectivity index is 2.16. The second-order valence-corrected chi connectivity index (χ2v) is 5.43. The molecule has 17 heavy (non-hydrogen) atoms. The minimum atomic E-state index is 0.186. The maximum Gasteiger partial charge on any atom is 0.119 e. The highest BCUT2D eigenvalue weighted by Crippen LogP contribution is 2.38. The fraction of sp³-hybridized carbons (Fsp3) is 0.600. The molecule has 0 saturated heterocycles. The highest BCUT2D eigenvalue weighted by atomic mass is 16.5. The summed E-state index contributed by atoms with van der Waals surface area (Å²) in [6, 6.07) is 6.40. The molecule has 0 amide bonds. The Bertz CT molecular complexity index is 389. The minimum absolute atomic E-state index is 0.186. The number of nitrogens with two attached hydrogens (primary N) is 1. The molecular formula is C15H23NO. The lowest BCUT2D eigenvalue weighted by Crippen LogP contribution is -2.20. The van der Waals surface area contributed by atoms with E-state index < -0.39 is 0 Å². The summed E-state index contributed by atoms with van der Waals surface area (Å²) < 4.78 is 5.23. The van der Waals surface area contributed by atoms with Crippen molar-refractivity contribution in [1.82, 2.24) is 0 Å². The van der Waals surface area contributed by atoms with Crippen LogP contribution in [0.5, 0.6) is 5.75 Å². The summed E-state index contributed by atoms with van der Waals surface area (Å²) in [6.07, 6.45) is 3.87. The minimum Gasteiger partial charge on any atom is -0.497 e. The Kier molecular flexibility index (Phi) is 3.72. The van der Waals surface area contributed by atoms with Crippen LogP contribution in [0.3, 0.4) is 0 Å². The summed E-state index contributed by atoms with van der Waals surface area (Å²) in [5.41, 5.74) is 8.94. The van der Waals surface area contributed by atoms with Crippen molar-refractivity contribution in [2.24, 2.45) is 17.6 Å². The molecule has 0 aliphatic heterocycles. The Morgan fingerprint density at radius 3 is 2.65 bits per heavy atom. The monoisotopic (exact) mass is 233 g/mol. The van der Waals surface area contributed by atoms with Crippen LogP contribution in [0.1, 0.15) is 43.4 Å². The molecule has 0 heterocycles. The maximum atomic E-state index is 6.41. The van der Waals surface area contributed by atoms with Crippen LogP contribution >= 0.6 is 0 Å². The Labute approximate surface area is 104 Å². The first-order valence-corrected chi connectivity index (χ1v) is 6.52. The Hall–Kier alpha value is -1.02. The van der Waals surface area contributed by atoms with E-state index in [1.807, 2.05) is 6.07 Å². The summed E-state index contributed by atoms with van der Waals surface area (Å²) in [5, 5.41) is 0. The summed E-state index contributed by atoms with van der Waals surface area (Å²) >= 11 is 0. The van der Waals surface area contributed by atoms with Crippen LogP contribution in [-0.4, -0.2) is 7.11 Å². The predicted molar refractivity (Wildman–Crippen MR) is 71.2 cm³/mol. The second-order valence-electron chi connectivity index (χ2n) is 5.43. The van der Waals surface area contributed by atoms with Crippen molar-refractivity contribution < 1.29 is 4.74 Å². The van der Waals surface area contributed by atoms with E-state index in [4.69, 9.17) is 10.5 Å². The van der Waals surface area contributed by atoms with Crippen molar-refractivity contribution in [2.45, 2.75) is 39.2 Å². The van der Waals surface area contributed by atoms with Crippen molar-refractivity contribution >= 4 is 0 Å². The molecule has 3 atom stereocenters. The number of benzene rings is 1. The molecule has 2 rings (SSSR count). The van der Waals surface area contributed by atoms with E-state index in [2.05, 4.69) is 26.0 Å². The zero-order chi connectivity index (χ0) is 12.4. The third-order valence-electron chi connectivity index (χ3n) is 4.08. The highest BCUT2D eigenvalue weighted by molar-refractivity contribution is 5.36. The van der Waals surface area contributed by atoms with E-state index in [-0.39, 0.29) is 6.04 Å². The fourth-order valence-corrected chi connectivity index (χ4v) is 2.98. The van der Waals surface area contributed by atoms with Crippen molar-refractivity contribution in [2.75, 3.05) is 7.11 Å². The van der Waals surface area contributed by atoms with E-state index in [0.29, 0.717) is 5.92 Å². The van der Waals surface area contributed by atoms with Crippen molar-refractivity contribution in [3.05, 3.63) is 29.3 Å². The van der Waals surface area contributed by atoms with Gasteiger partial charge in [0, 0.05) is 6.04 Å². The molecule has 1 aliphatic rings. The van der Waals surface area contributed by atoms with Crippen LogP contribution in [0.15, 0.2) is 18.2 Å². The number of methoxy groups -OCH3 is 1. The van der Waals surface area contributed by atoms with Gasteiger partial charge >= 0.3 is 0 Å². The molecule has 0 bridgehead atoms. The number of hydrogen-bond acceptors (Lipinski definition) is 2. The normalized spacial score (nSPS) is 25.9.